The van der Waals surface area contributed by atoms with E-state index in [4.69, 9.17) is 0 Å². The molecule has 0 bridgehead atoms. The van der Waals surface area contributed by atoms with Gasteiger partial charge in [-0.25, -0.2) is 0 Å². The SMILES string of the molecule is CN(C)CCCN1CCN(Cc2ccccc2CO)CC1. The summed E-state index contributed by atoms with van der Waals surface area (Å²) >= 11 is 0. The summed E-state index contributed by atoms with van der Waals surface area (Å²) in [6.07, 6.45) is 1.25. The Balaban J connectivity index is 1.74. The molecule has 1 fully saturated rings. The molecule has 0 spiro atoms. The molecule has 1 aromatic rings. The van der Waals surface area contributed by atoms with Crippen molar-refractivity contribution < 1.29 is 5.11 Å². The fraction of sp³-hybridized carbons (Fsp3) is 0.647. The number of piperazine rings is 1. The molecule has 4 nitrogen and oxygen atoms in total. The van der Waals surface area contributed by atoms with Gasteiger partial charge in [-0.2, -0.15) is 0 Å². The van der Waals surface area contributed by atoms with E-state index in [1.165, 1.54) is 25.1 Å². The van der Waals surface area contributed by atoms with Gasteiger partial charge in [0.1, 0.15) is 0 Å². The van der Waals surface area contributed by atoms with Gasteiger partial charge in [-0.15, -0.1) is 0 Å². The molecule has 0 amide bonds. The van der Waals surface area contributed by atoms with Crippen molar-refractivity contribution in [2.75, 3.05) is 53.4 Å². The summed E-state index contributed by atoms with van der Waals surface area (Å²) in [5, 5.41) is 9.40. The zero-order valence-corrected chi connectivity index (χ0v) is 13.5. The van der Waals surface area contributed by atoms with Gasteiger partial charge < -0.3 is 14.9 Å². The minimum atomic E-state index is 0.140. The van der Waals surface area contributed by atoms with Crippen LogP contribution in [-0.2, 0) is 13.2 Å². The summed E-state index contributed by atoms with van der Waals surface area (Å²) in [5.41, 5.74) is 2.33. The van der Waals surface area contributed by atoms with Crippen molar-refractivity contribution in [1.82, 2.24) is 14.7 Å². The Morgan fingerprint density at radius 2 is 1.62 bits per heavy atom. The number of rotatable bonds is 7. The highest BCUT2D eigenvalue weighted by Crippen LogP contribution is 2.13. The third-order valence-corrected chi connectivity index (χ3v) is 4.23. The van der Waals surface area contributed by atoms with Crippen LogP contribution >= 0.6 is 0 Å². The van der Waals surface area contributed by atoms with E-state index >= 15 is 0 Å². The molecule has 1 N–H and O–H groups in total. The number of aliphatic hydroxyl groups excluding tert-OH is 1. The Morgan fingerprint density at radius 1 is 1.00 bits per heavy atom. The van der Waals surface area contributed by atoms with Crippen LogP contribution in [0.4, 0.5) is 0 Å². The number of hydrogen-bond acceptors (Lipinski definition) is 4. The quantitative estimate of drug-likeness (QED) is 0.819. The van der Waals surface area contributed by atoms with E-state index in [1.807, 2.05) is 12.1 Å². The lowest BCUT2D eigenvalue weighted by Gasteiger charge is -2.35. The lowest BCUT2D eigenvalue weighted by Crippen LogP contribution is -2.46. The third-order valence-electron chi connectivity index (χ3n) is 4.23. The minimum absolute atomic E-state index is 0.140. The topological polar surface area (TPSA) is 30.0 Å². The first-order valence-corrected chi connectivity index (χ1v) is 7.96. The van der Waals surface area contributed by atoms with Crippen LogP contribution in [0.3, 0.4) is 0 Å². The zero-order valence-electron chi connectivity index (χ0n) is 13.5. The third kappa shape index (κ3) is 5.40. The van der Waals surface area contributed by atoms with E-state index in [0.29, 0.717) is 0 Å². The molecule has 118 valence electrons. The van der Waals surface area contributed by atoms with Crippen molar-refractivity contribution in [1.29, 1.82) is 0 Å². The van der Waals surface area contributed by atoms with Gasteiger partial charge in [-0.05, 0) is 44.7 Å². The van der Waals surface area contributed by atoms with Crippen LogP contribution in [0, 0.1) is 0 Å². The van der Waals surface area contributed by atoms with Crippen molar-refractivity contribution in [3.8, 4) is 0 Å². The van der Waals surface area contributed by atoms with Gasteiger partial charge in [0.2, 0.25) is 0 Å². The standard InChI is InChI=1S/C17H29N3O/c1-18(2)8-5-9-19-10-12-20(13-11-19)14-16-6-3-4-7-17(16)15-21/h3-4,6-7,21H,5,8-15H2,1-2H3. The maximum Gasteiger partial charge on any atom is 0.0685 e. The van der Waals surface area contributed by atoms with Gasteiger partial charge in [0.15, 0.2) is 0 Å². The number of aliphatic hydroxyl groups is 1. The van der Waals surface area contributed by atoms with E-state index in [-0.39, 0.29) is 6.61 Å². The fourth-order valence-corrected chi connectivity index (χ4v) is 2.89. The summed E-state index contributed by atoms with van der Waals surface area (Å²) in [7, 11) is 4.27. The summed E-state index contributed by atoms with van der Waals surface area (Å²) < 4.78 is 0. The minimum Gasteiger partial charge on any atom is -0.392 e. The van der Waals surface area contributed by atoms with E-state index < -0.39 is 0 Å². The average molecular weight is 291 g/mol. The first-order valence-electron chi connectivity index (χ1n) is 7.96. The fourth-order valence-electron chi connectivity index (χ4n) is 2.89. The molecule has 0 radical (unpaired) electrons. The van der Waals surface area contributed by atoms with Gasteiger partial charge >= 0.3 is 0 Å². The number of benzene rings is 1. The van der Waals surface area contributed by atoms with Crippen LogP contribution in [0.25, 0.3) is 0 Å². The van der Waals surface area contributed by atoms with Gasteiger partial charge in [-0.1, -0.05) is 24.3 Å². The Bertz CT molecular complexity index is 414. The van der Waals surface area contributed by atoms with Crippen molar-refractivity contribution in [3.05, 3.63) is 35.4 Å². The number of nitrogens with zero attached hydrogens (tertiary/aromatic N) is 3. The van der Waals surface area contributed by atoms with Crippen LogP contribution < -0.4 is 0 Å². The van der Waals surface area contributed by atoms with Gasteiger partial charge in [-0.3, -0.25) is 4.90 Å². The van der Waals surface area contributed by atoms with Crippen LogP contribution in [0.2, 0.25) is 0 Å². The summed E-state index contributed by atoms with van der Waals surface area (Å²) in [6, 6.07) is 8.21. The Kier molecular flexibility index (Phi) is 6.64. The van der Waals surface area contributed by atoms with Crippen LogP contribution in [-0.4, -0.2) is 73.2 Å². The summed E-state index contributed by atoms with van der Waals surface area (Å²) in [5.74, 6) is 0. The van der Waals surface area contributed by atoms with E-state index in [9.17, 15) is 5.11 Å². The van der Waals surface area contributed by atoms with Gasteiger partial charge in [0, 0.05) is 32.7 Å². The first-order chi connectivity index (χ1) is 10.2. The lowest BCUT2D eigenvalue weighted by molar-refractivity contribution is 0.123. The molecule has 1 aliphatic rings. The van der Waals surface area contributed by atoms with Crippen LogP contribution in [0.15, 0.2) is 24.3 Å². The summed E-state index contributed by atoms with van der Waals surface area (Å²) in [6.45, 7) is 8.05. The first kappa shape index (κ1) is 16.4. The molecule has 0 aromatic heterocycles. The maximum atomic E-state index is 9.40. The lowest BCUT2D eigenvalue weighted by atomic mass is 10.1. The second-order valence-electron chi connectivity index (χ2n) is 6.20. The predicted octanol–water partition coefficient (Wildman–Crippen LogP) is 1.25. The van der Waals surface area contributed by atoms with Crippen molar-refractivity contribution in [2.45, 2.75) is 19.6 Å². The second kappa shape index (κ2) is 8.49. The molecule has 0 atom stereocenters. The molecular weight excluding hydrogens is 262 g/mol. The van der Waals surface area contributed by atoms with Crippen molar-refractivity contribution in [3.63, 3.8) is 0 Å². The molecule has 2 rings (SSSR count). The van der Waals surface area contributed by atoms with E-state index in [1.54, 1.807) is 0 Å². The zero-order chi connectivity index (χ0) is 15.1. The largest absolute Gasteiger partial charge is 0.392 e. The molecule has 21 heavy (non-hydrogen) atoms. The molecule has 0 unspecified atom stereocenters. The monoisotopic (exact) mass is 291 g/mol. The smallest absolute Gasteiger partial charge is 0.0685 e. The summed E-state index contributed by atoms with van der Waals surface area (Å²) in [4.78, 5) is 7.32. The van der Waals surface area contributed by atoms with Gasteiger partial charge in [0.25, 0.3) is 0 Å². The highest BCUT2D eigenvalue weighted by molar-refractivity contribution is 5.26. The van der Waals surface area contributed by atoms with Crippen molar-refractivity contribution in [2.24, 2.45) is 0 Å². The van der Waals surface area contributed by atoms with E-state index in [2.05, 4.69) is 40.9 Å². The normalized spacial score (nSPS) is 17.5. The molecule has 1 aliphatic heterocycles. The van der Waals surface area contributed by atoms with Crippen molar-refractivity contribution >= 4 is 0 Å². The highest BCUT2D eigenvalue weighted by Gasteiger charge is 2.17. The van der Waals surface area contributed by atoms with Crippen LogP contribution in [0.5, 0.6) is 0 Å². The Hall–Kier alpha value is -0.940. The highest BCUT2D eigenvalue weighted by atomic mass is 16.3. The second-order valence-corrected chi connectivity index (χ2v) is 6.20. The molecule has 0 saturated carbocycles. The molecular formula is C17H29N3O. The number of hydrogen-bond donors (Lipinski definition) is 1. The average Bonchev–Trinajstić information content (AvgIpc) is 2.49. The molecule has 1 heterocycles. The predicted molar refractivity (Wildman–Crippen MR) is 87.3 cm³/mol. The molecule has 0 aliphatic carbocycles. The Morgan fingerprint density at radius 3 is 2.24 bits per heavy atom. The Labute approximate surface area is 129 Å². The van der Waals surface area contributed by atoms with Crippen LogP contribution in [0.1, 0.15) is 17.5 Å². The van der Waals surface area contributed by atoms with E-state index in [0.717, 1.165) is 38.3 Å². The maximum absolute atomic E-state index is 9.40. The molecule has 1 saturated heterocycles. The molecule has 1 aromatic carbocycles. The molecule has 4 heteroatoms. The van der Waals surface area contributed by atoms with Gasteiger partial charge in [0.05, 0.1) is 6.61 Å².